The van der Waals surface area contributed by atoms with E-state index in [0.717, 1.165) is 16.6 Å². The van der Waals surface area contributed by atoms with Gasteiger partial charge in [-0.1, -0.05) is 0 Å². The number of hydrogen-bond acceptors (Lipinski definition) is 5. The summed E-state index contributed by atoms with van der Waals surface area (Å²) in [5.74, 6) is -1.51. The topological polar surface area (TPSA) is 125 Å². The number of nitrogens with one attached hydrogen (secondary N) is 1. The molecular formula is C10H14N2O6S2. The highest BCUT2D eigenvalue weighted by Crippen LogP contribution is 2.19. The Morgan fingerprint density at radius 1 is 1.30 bits per heavy atom. The highest BCUT2D eigenvalue weighted by Gasteiger charge is 2.30. The second-order valence-corrected chi connectivity index (χ2v) is 8.71. The molecule has 8 nitrogen and oxygen atoms in total. The van der Waals surface area contributed by atoms with Crippen LogP contribution in [-0.2, 0) is 19.9 Å². The summed E-state index contributed by atoms with van der Waals surface area (Å²) in [4.78, 5) is 12.9. The fourth-order valence-electron chi connectivity index (χ4n) is 1.95. The summed E-state index contributed by atoms with van der Waals surface area (Å²) < 4.78 is 48.6. The van der Waals surface area contributed by atoms with E-state index in [9.17, 15) is 21.6 Å². The molecule has 2 heterocycles. The van der Waals surface area contributed by atoms with Gasteiger partial charge >= 0.3 is 5.97 Å². The fraction of sp³-hybridized carbons (Fsp3) is 0.500. The molecule has 0 aromatic carbocycles. The number of carbonyl (C=O) groups is 1. The largest absolute Gasteiger partial charge is 0.477 e. The monoisotopic (exact) mass is 322 g/mol. The second kappa shape index (κ2) is 5.19. The highest BCUT2D eigenvalue weighted by atomic mass is 32.2. The number of carboxylic acid groups (broad SMARTS) is 1. The summed E-state index contributed by atoms with van der Waals surface area (Å²) in [6.45, 7) is -0.00655. The molecule has 10 heteroatoms. The second-order valence-electron chi connectivity index (χ2n) is 4.46. The molecule has 0 atom stereocenters. The SMILES string of the molecule is O=C(O)c1cc(S(=O)(=O)N2CCCS(=O)(=O)CC2)c[nH]1. The van der Waals surface area contributed by atoms with Crippen LogP contribution in [0.1, 0.15) is 16.9 Å². The van der Waals surface area contributed by atoms with Gasteiger partial charge in [-0.2, -0.15) is 4.31 Å². The van der Waals surface area contributed by atoms with Crippen LogP contribution in [0.4, 0.5) is 0 Å². The number of aromatic carboxylic acids is 1. The zero-order valence-electron chi connectivity index (χ0n) is 10.4. The van der Waals surface area contributed by atoms with Gasteiger partial charge in [-0.05, 0) is 12.5 Å². The molecular weight excluding hydrogens is 308 g/mol. The summed E-state index contributed by atoms with van der Waals surface area (Å²) in [6.07, 6.45) is 1.33. The van der Waals surface area contributed by atoms with Gasteiger partial charge in [0.2, 0.25) is 10.0 Å². The molecule has 112 valence electrons. The van der Waals surface area contributed by atoms with E-state index in [4.69, 9.17) is 5.11 Å². The molecule has 20 heavy (non-hydrogen) atoms. The third-order valence-electron chi connectivity index (χ3n) is 3.04. The number of carboxylic acids is 1. The van der Waals surface area contributed by atoms with E-state index in [1.807, 2.05) is 0 Å². The first-order valence-corrected chi connectivity index (χ1v) is 9.11. The summed E-state index contributed by atoms with van der Waals surface area (Å²) >= 11 is 0. The molecule has 2 N–H and O–H groups in total. The Morgan fingerprint density at radius 2 is 2.00 bits per heavy atom. The van der Waals surface area contributed by atoms with E-state index >= 15 is 0 Å². The molecule has 1 aliphatic heterocycles. The zero-order chi connectivity index (χ0) is 15.0. The molecule has 0 spiro atoms. The van der Waals surface area contributed by atoms with Gasteiger partial charge < -0.3 is 10.1 Å². The lowest BCUT2D eigenvalue weighted by Gasteiger charge is -2.18. The minimum Gasteiger partial charge on any atom is -0.477 e. The Balaban J connectivity index is 2.27. The molecule has 1 saturated heterocycles. The van der Waals surface area contributed by atoms with Crippen LogP contribution in [-0.4, -0.2) is 61.8 Å². The average Bonchev–Trinajstić information content (AvgIpc) is 2.76. The Morgan fingerprint density at radius 3 is 2.60 bits per heavy atom. The predicted molar refractivity (Wildman–Crippen MR) is 69.8 cm³/mol. The maximum Gasteiger partial charge on any atom is 0.352 e. The Labute approximate surface area is 116 Å². The number of aromatic nitrogens is 1. The van der Waals surface area contributed by atoms with Crippen molar-refractivity contribution in [3.05, 3.63) is 18.0 Å². The minimum atomic E-state index is -3.87. The van der Waals surface area contributed by atoms with Crippen LogP contribution in [0.5, 0.6) is 0 Å². The van der Waals surface area contributed by atoms with Crippen molar-refractivity contribution in [1.29, 1.82) is 0 Å². The van der Waals surface area contributed by atoms with E-state index in [1.54, 1.807) is 0 Å². The first kappa shape index (κ1) is 15.0. The molecule has 1 aromatic rings. The molecule has 0 amide bonds. The molecule has 1 fully saturated rings. The van der Waals surface area contributed by atoms with Gasteiger partial charge in [0, 0.05) is 19.3 Å². The van der Waals surface area contributed by atoms with Crippen molar-refractivity contribution in [3.63, 3.8) is 0 Å². The number of sulfonamides is 1. The van der Waals surface area contributed by atoms with Crippen LogP contribution in [0.25, 0.3) is 0 Å². The van der Waals surface area contributed by atoms with E-state index < -0.39 is 25.8 Å². The zero-order valence-corrected chi connectivity index (χ0v) is 12.1. The number of nitrogens with zero attached hydrogens (tertiary/aromatic N) is 1. The fourth-order valence-corrected chi connectivity index (χ4v) is 4.81. The van der Waals surface area contributed by atoms with Crippen molar-refractivity contribution in [3.8, 4) is 0 Å². The third kappa shape index (κ3) is 3.02. The number of aromatic amines is 1. The van der Waals surface area contributed by atoms with E-state index in [1.165, 1.54) is 0 Å². The van der Waals surface area contributed by atoms with Gasteiger partial charge in [0.1, 0.15) is 10.6 Å². The molecule has 0 unspecified atom stereocenters. The van der Waals surface area contributed by atoms with Crippen molar-refractivity contribution < 1.29 is 26.7 Å². The van der Waals surface area contributed by atoms with Gasteiger partial charge in [0.15, 0.2) is 9.84 Å². The van der Waals surface area contributed by atoms with E-state index in [2.05, 4.69) is 4.98 Å². The van der Waals surface area contributed by atoms with Gasteiger partial charge in [-0.15, -0.1) is 0 Å². The maximum atomic E-state index is 12.3. The van der Waals surface area contributed by atoms with Crippen LogP contribution in [0.15, 0.2) is 17.2 Å². The quantitative estimate of drug-likeness (QED) is 0.774. The first-order chi connectivity index (χ1) is 9.22. The van der Waals surface area contributed by atoms with Gasteiger partial charge in [-0.25, -0.2) is 21.6 Å². The summed E-state index contributed by atoms with van der Waals surface area (Å²) in [7, 11) is -7.08. The molecule has 1 aliphatic rings. The summed E-state index contributed by atoms with van der Waals surface area (Å²) in [5, 5.41) is 8.77. The van der Waals surface area contributed by atoms with Crippen molar-refractivity contribution in [2.45, 2.75) is 11.3 Å². The maximum absolute atomic E-state index is 12.3. The van der Waals surface area contributed by atoms with Gasteiger partial charge in [0.05, 0.1) is 11.5 Å². The molecule has 0 bridgehead atoms. The normalized spacial score (nSPS) is 20.4. The lowest BCUT2D eigenvalue weighted by molar-refractivity contribution is 0.0691. The Kier molecular flexibility index (Phi) is 3.89. The first-order valence-electron chi connectivity index (χ1n) is 5.85. The molecule has 0 radical (unpaired) electrons. The standard InChI is InChI=1S/C10H14N2O6S2/c13-10(14)9-6-8(7-11-9)20(17,18)12-2-1-4-19(15,16)5-3-12/h6-7,11H,1-5H2,(H,13,14). The minimum absolute atomic E-state index is 0.0352. The average molecular weight is 322 g/mol. The molecule has 0 saturated carbocycles. The number of rotatable bonds is 3. The van der Waals surface area contributed by atoms with Crippen LogP contribution in [0.3, 0.4) is 0 Å². The van der Waals surface area contributed by atoms with Gasteiger partial charge in [0.25, 0.3) is 0 Å². The highest BCUT2D eigenvalue weighted by molar-refractivity contribution is 7.91. The lowest BCUT2D eigenvalue weighted by Crippen LogP contribution is -2.33. The van der Waals surface area contributed by atoms with Gasteiger partial charge in [-0.3, -0.25) is 0 Å². The number of H-pyrrole nitrogens is 1. The number of hydrogen-bond donors (Lipinski definition) is 2. The van der Waals surface area contributed by atoms with E-state index in [0.29, 0.717) is 0 Å². The molecule has 0 aliphatic carbocycles. The molecule has 1 aromatic heterocycles. The van der Waals surface area contributed by atoms with Crippen LogP contribution < -0.4 is 0 Å². The Bertz CT molecular complexity index is 719. The van der Waals surface area contributed by atoms with Crippen molar-refractivity contribution in [1.82, 2.24) is 9.29 Å². The van der Waals surface area contributed by atoms with Crippen LogP contribution in [0, 0.1) is 0 Å². The van der Waals surface area contributed by atoms with Crippen molar-refractivity contribution in [2.24, 2.45) is 0 Å². The predicted octanol–water partition coefficient (Wildman–Crippen LogP) is -0.478. The van der Waals surface area contributed by atoms with Crippen LogP contribution in [0.2, 0.25) is 0 Å². The third-order valence-corrected chi connectivity index (χ3v) is 6.63. The number of sulfone groups is 1. The summed E-state index contributed by atoms with van der Waals surface area (Å²) in [5.41, 5.74) is -0.231. The molecule has 2 rings (SSSR count). The van der Waals surface area contributed by atoms with Crippen LogP contribution >= 0.6 is 0 Å². The lowest BCUT2D eigenvalue weighted by atomic mass is 10.4. The Hall–Kier alpha value is -1.39. The van der Waals surface area contributed by atoms with E-state index in [-0.39, 0.29) is 41.6 Å². The smallest absolute Gasteiger partial charge is 0.352 e. The van der Waals surface area contributed by atoms with Crippen molar-refractivity contribution >= 4 is 25.8 Å². The summed E-state index contributed by atoms with van der Waals surface area (Å²) in [6, 6.07) is 1.02. The van der Waals surface area contributed by atoms with Crippen molar-refractivity contribution in [2.75, 3.05) is 24.6 Å².